The van der Waals surface area contributed by atoms with Gasteiger partial charge in [0.05, 0.1) is 24.6 Å². The predicted molar refractivity (Wildman–Crippen MR) is 102 cm³/mol. The first-order chi connectivity index (χ1) is 13.1. The third kappa shape index (κ3) is 4.15. The summed E-state index contributed by atoms with van der Waals surface area (Å²) in [5.74, 6) is 0.237. The summed E-state index contributed by atoms with van der Waals surface area (Å²) < 4.78 is 12.5. The molecule has 1 amide bonds. The summed E-state index contributed by atoms with van der Waals surface area (Å²) in [6, 6.07) is 15.1. The number of nitrogens with zero attached hydrogens (tertiary/aromatic N) is 3. The summed E-state index contributed by atoms with van der Waals surface area (Å²) in [4.78, 5) is 12.8. The molecule has 7 heteroatoms. The Kier molecular flexibility index (Phi) is 5.83. The van der Waals surface area contributed by atoms with Crippen LogP contribution in [0.25, 0.3) is 5.69 Å². The van der Waals surface area contributed by atoms with Crippen molar-refractivity contribution < 1.29 is 14.3 Å². The van der Waals surface area contributed by atoms with Crippen LogP contribution < -0.4 is 10.1 Å². The van der Waals surface area contributed by atoms with Gasteiger partial charge in [-0.05, 0) is 43.7 Å². The second-order valence-corrected chi connectivity index (χ2v) is 5.95. The maximum Gasteiger partial charge on any atom is 0.278 e. The Morgan fingerprint density at radius 2 is 2.00 bits per heavy atom. The Hall–Kier alpha value is -3.19. The van der Waals surface area contributed by atoms with E-state index in [1.54, 1.807) is 23.9 Å². The number of anilines is 1. The first-order valence-electron chi connectivity index (χ1n) is 8.67. The minimum absolute atomic E-state index is 0.205. The van der Waals surface area contributed by atoms with Crippen LogP contribution >= 0.6 is 0 Å². The van der Waals surface area contributed by atoms with Crippen LogP contribution in [-0.2, 0) is 11.3 Å². The number of carbonyl (C=O) groups excluding carboxylic acids is 1. The van der Waals surface area contributed by atoms with Crippen LogP contribution in [0, 0.1) is 6.92 Å². The molecule has 0 aliphatic carbocycles. The SMILES string of the molecule is CCOc1ccccc1NC(=O)c1nnn(-c2cccc(C)c2)c1COC. The van der Waals surface area contributed by atoms with Gasteiger partial charge in [-0.3, -0.25) is 4.79 Å². The number of carbonyl (C=O) groups is 1. The van der Waals surface area contributed by atoms with Gasteiger partial charge in [-0.15, -0.1) is 5.10 Å². The molecule has 0 unspecified atom stereocenters. The lowest BCUT2D eigenvalue weighted by Gasteiger charge is -2.11. The lowest BCUT2D eigenvalue weighted by atomic mass is 10.2. The van der Waals surface area contributed by atoms with E-state index in [4.69, 9.17) is 9.47 Å². The Morgan fingerprint density at radius 3 is 2.74 bits per heavy atom. The van der Waals surface area contributed by atoms with E-state index in [2.05, 4.69) is 15.6 Å². The molecule has 0 atom stereocenters. The monoisotopic (exact) mass is 366 g/mol. The van der Waals surface area contributed by atoms with E-state index in [0.29, 0.717) is 23.7 Å². The molecule has 2 aromatic carbocycles. The number of para-hydroxylation sites is 2. The largest absolute Gasteiger partial charge is 0.492 e. The van der Waals surface area contributed by atoms with Crippen LogP contribution in [0.5, 0.6) is 5.75 Å². The van der Waals surface area contributed by atoms with Crippen LogP contribution in [0.15, 0.2) is 48.5 Å². The van der Waals surface area contributed by atoms with Crippen LogP contribution in [0.4, 0.5) is 5.69 Å². The molecular weight excluding hydrogens is 344 g/mol. The molecule has 27 heavy (non-hydrogen) atoms. The molecule has 1 aromatic heterocycles. The lowest BCUT2D eigenvalue weighted by molar-refractivity contribution is 0.101. The quantitative estimate of drug-likeness (QED) is 0.694. The number of aryl methyl sites for hydroxylation is 1. The van der Waals surface area contributed by atoms with Crippen molar-refractivity contribution in [3.63, 3.8) is 0 Å². The molecule has 0 radical (unpaired) electrons. The van der Waals surface area contributed by atoms with Crippen molar-refractivity contribution in [2.24, 2.45) is 0 Å². The number of nitrogens with one attached hydrogen (secondary N) is 1. The normalized spacial score (nSPS) is 10.6. The van der Waals surface area contributed by atoms with Gasteiger partial charge in [0, 0.05) is 7.11 Å². The van der Waals surface area contributed by atoms with E-state index >= 15 is 0 Å². The maximum absolute atomic E-state index is 12.8. The van der Waals surface area contributed by atoms with E-state index in [-0.39, 0.29) is 18.2 Å². The van der Waals surface area contributed by atoms with E-state index < -0.39 is 0 Å². The number of rotatable bonds is 7. The molecule has 0 saturated carbocycles. The van der Waals surface area contributed by atoms with Gasteiger partial charge in [0.1, 0.15) is 11.4 Å². The fourth-order valence-corrected chi connectivity index (χ4v) is 2.74. The van der Waals surface area contributed by atoms with Gasteiger partial charge in [-0.25, -0.2) is 4.68 Å². The number of amides is 1. The average molecular weight is 366 g/mol. The lowest BCUT2D eigenvalue weighted by Crippen LogP contribution is -2.16. The summed E-state index contributed by atoms with van der Waals surface area (Å²) in [6.45, 7) is 4.60. The van der Waals surface area contributed by atoms with Crippen molar-refractivity contribution in [2.45, 2.75) is 20.5 Å². The molecule has 3 rings (SSSR count). The Balaban J connectivity index is 1.94. The van der Waals surface area contributed by atoms with Gasteiger partial charge in [-0.2, -0.15) is 0 Å². The molecule has 3 aromatic rings. The van der Waals surface area contributed by atoms with Crippen molar-refractivity contribution in [2.75, 3.05) is 19.0 Å². The first kappa shape index (κ1) is 18.6. The van der Waals surface area contributed by atoms with Crippen molar-refractivity contribution in [3.05, 3.63) is 65.5 Å². The van der Waals surface area contributed by atoms with Crippen molar-refractivity contribution in [3.8, 4) is 11.4 Å². The maximum atomic E-state index is 12.8. The molecule has 0 aliphatic rings. The Morgan fingerprint density at radius 1 is 1.19 bits per heavy atom. The highest BCUT2D eigenvalue weighted by Gasteiger charge is 2.21. The fraction of sp³-hybridized carbons (Fsp3) is 0.250. The summed E-state index contributed by atoms with van der Waals surface area (Å²) in [6.07, 6.45) is 0. The molecule has 0 fully saturated rings. The molecule has 7 nitrogen and oxygen atoms in total. The average Bonchev–Trinajstić information content (AvgIpc) is 3.08. The Labute approximate surface area is 157 Å². The van der Waals surface area contributed by atoms with Crippen molar-refractivity contribution >= 4 is 11.6 Å². The highest BCUT2D eigenvalue weighted by molar-refractivity contribution is 6.04. The Bertz CT molecular complexity index is 936. The highest BCUT2D eigenvalue weighted by atomic mass is 16.5. The molecule has 0 aliphatic heterocycles. The van der Waals surface area contributed by atoms with Gasteiger partial charge in [0.25, 0.3) is 5.91 Å². The van der Waals surface area contributed by atoms with Gasteiger partial charge >= 0.3 is 0 Å². The summed E-state index contributed by atoms with van der Waals surface area (Å²) in [5, 5.41) is 11.1. The van der Waals surface area contributed by atoms with Crippen molar-refractivity contribution in [1.82, 2.24) is 15.0 Å². The minimum atomic E-state index is -0.367. The highest BCUT2D eigenvalue weighted by Crippen LogP contribution is 2.25. The summed E-state index contributed by atoms with van der Waals surface area (Å²) in [5.41, 5.74) is 3.28. The third-order valence-electron chi connectivity index (χ3n) is 3.94. The zero-order valence-electron chi connectivity index (χ0n) is 15.6. The molecule has 1 N–H and O–H groups in total. The molecular formula is C20H22N4O3. The summed E-state index contributed by atoms with van der Waals surface area (Å²) in [7, 11) is 1.57. The zero-order valence-corrected chi connectivity index (χ0v) is 15.6. The molecule has 1 heterocycles. The van der Waals surface area contributed by atoms with Crippen LogP contribution in [-0.4, -0.2) is 34.6 Å². The fourth-order valence-electron chi connectivity index (χ4n) is 2.74. The van der Waals surface area contributed by atoms with E-state index in [1.807, 2.05) is 50.2 Å². The smallest absolute Gasteiger partial charge is 0.278 e. The van der Waals surface area contributed by atoms with E-state index in [0.717, 1.165) is 11.3 Å². The number of aromatic nitrogens is 3. The second-order valence-electron chi connectivity index (χ2n) is 5.95. The zero-order chi connectivity index (χ0) is 19.2. The van der Waals surface area contributed by atoms with Gasteiger partial charge in [0.2, 0.25) is 0 Å². The van der Waals surface area contributed by atoms with Crippen LogP contribution in [0.1, 0.15) is 28.7 Å². The number of benzene rings is 2. The van der Waals surface area contributed by atoms with Crippen LogP contribution in [0.3, 0.4) is 0 Å². The second kappa shape index (κ2) is 8.46. The number of hydrogen-bond acceptors (Lipinski definition) is 5. The van der Waals surface area contributed by atoms with Gasteiger partial charge in [-0.1, -0.05) is 29.5 Å². The van der Waals surface area contributed by atoms with Gasteiger partial charge in [0.15, 0.2) is 5.69 Å². The van der Waals surface area contributed by atoms with Crippen molar-refractivity contribution in [1.29, 1.82) is 0 Å². The van der Waals surface area contributed by atoms with E-state index in [1.165, 1.54) is 0 Å². The molecule has 0 bridgehead atoms. The first-order valence-corrected chi connectivity index (χ1v) is 8.67. The topological polar surface area (TPSA) is 78.3 Å². The van der Waals surface area contributed by atoms with Crippen LogP contribution in [0.2, 0.25) is 0 Å². The minimum Gasteiger partial charge on any atom is -0.492 e. The molecule has 0 spiro atoms. The number of ether oxygens (including phenoxy) is 2. The van der Waals surface area contributed by atoms with Gasteiger partial charge < -0.3 is 14.8 Å². The number of methoxy groups -OCH3 is 1. The third-order valence-corrected chi connectivity index (χ3v) is 3.94. The molecule has 0 saturated heterocycles. The predicted octanol–water partition coefficient (Wildman–Crippen LogP) is 3.37. The molecule has 140 valence electrons. The standard InChI is InChI=1S/C20H22N4O3/c1-4-27-18-11-6-5-10-16(18)21-20(25)19-17(13-26-3)24(23-22-19)15-9-7-8-14(2)12-15/h5-12H,4,13H2,1-3H3,(H,21,25). The summed E-state index contributed by atoms with van der Waals surface area (Å²) >= 11 is 0. The number of hydrogen-bond donors (Lipinski definition) is 1. The van der Waals surface area contributed by atoms with E-state index in [9.17, 15) is 4.79 Å².